The maximum atomic E-state index is 5.24. The molecule has 1 saturated heterocycles. The molecule has 2 heteroatoms. The van der Waals surface area contributed by atoms with E-state index in [9.17, 15) is 0 Å². The third-order valence-corrected chi connectivity index (χ3v) is 3.33. The smallest absolute Gasteiger partial charge is 0.119 e. The van der Waals surface area contributed by atoms with E-state index in [0.29, 0.717) is 5.54 Å². The number of methoxy groups -OCH3 is 1. The van der Waals surface area contributed by atoms with Crippen LogP contribution >= 0.6 is 0 Å². The first-order valence-corrected chi connectivity index (χ1v) is 5.97. The quantitative estimate of drug-likeness (QED) is 0.843. The van der Waals surface area contributed by atoms with E-state index in [1.165, 1.54) is 12.0 Å². The minimum Gasteiger partial charge on any atom is -0.497 e. The predicted octanol–water partition coefficient (Wildman–Crippen LogP) is 2.63. The highest BCUT2D eigenvalue weighted by molar-refractivity contribution is 5.28. The number of hydrogen-bond acceptors (Lipinski definition) is 2. The summed E-state index contributed by atoms with van der Waals surface area (Å²) in [6.07, 6.45) is 2.40. The summed E-state index contributed by atoms with van der Waals surface area (Å²) in [5, 5.41) is 3.56. The molecule has 0 radical (unpaired) electrons. The van der Waals surface area contributed by atoms with Crippen LogP contribution in [0, 0.1) is 5.92 Å². The molecule has 1 aliphatic heterocycles. The molecule has 1 unspecified atom stereocenters. The lowest BCUT2D eigenvalue weighted by molar-refractivity contribution is 0.413. The summed E-state index contributed by atoms with van der Waals surface area (Å²) in [6.45, 7) is 5.68. The number of ether oxygens (including phenoxy) is 1. The maximum Gasteiger partial charge on any atom is 0.119 e. The van der Waals surface area contributed by atoms with Gasteiger partial charge in [-0.1, -0.05) is 12.1 Å². The predicted molar refractivity (Wildman–Crippen MR) is 66.9 cm³/mol. The van der Waals surface area contributed by atoms with Gasteiger partial charge in [0.1, 0.15) is 5.75 Å². The fourth-order valence-corrected chi connectivity index (χ4v) is 2.56. The Morgan fingerprint density at radius 2 is 2.25 bits per heavy atom. The maximum absolute atomic E-state index is 5.24. The van der Waals surface area contributed by atoms with Gasteiger partial charge in [-0.25, -0.2) is 0 Å². The van der Waals surface area contributed by atoms with E-state index in [4.69, 9.17) is 4.74 Å². The highest BCUT2D eigenvalue weighted by Gasteiger charge is 2.29. The van der Waals surface area contributed by atoms with Gasteiger partial charge in [0.15, 0.2) is 0 Å². The SMILES string of the molecule is COc1cccc(CC2CNC(C)(C)C2)c1. The number of benzene rings is 1. The van der Waals surface area contributed by atoms with Gasteiger partial charge in [0, 0.05) is 5.54 Å². The van der Waals surface area contributed by atoms with Crippen LogP contribution in [0.3, 0.4) is 0 Å². The van der Waals surface area contributed by atoms with Crippen molar-refractivity contribution in [2.45, 2.75) is 32.2 Å². The molecule has 1 fully saturated rings. The van der Waals surface area contributed by atoms with Crippen LogP contribution in [-0.4, -0.2) is 19.2 Å². The molecule has 0 bridgehead atoms. The van der Waals surface area contributed by atoms with Crippen molar-refractivity contribution in [1.29, 1.82) is 0 Å². The Kier molecular flexibility index (Phi) is 3.20. The number of hydrogen-bond donors (Lipinski definition) is 1. The van der Waals surface area contributed by atoms with Crippen LogP contribution in [0.25, 0.3) is 0 Å². The molecule has 1 heterocycles. The second-order valence-corrected chi connectivity index (χ2v) is 5.39. The van der Waals surface area contributed by atoms with Gasteiger partial charge in [-0.2, -0.15) is 0 Å². The van der Waals surface area contributed by atoms with Gasteiger partial charge in [-0.3, -0.25) is 0 Å². The molecule has 1 aliphatic rings. The molecule has 2 rings (SSSR count). The van der Waals surface area contributed by atoms with Crippen molar-refractivity contribution in [3.05, 3.63) is 29.8 Å². The Hall–Kier alpha value is -1.02. The van der Waals surface area contributed by atoms with E-state index < -0.39 is 0 Å². The third-order valence-electron chi connectivity index (χ3n) is 3.33. The second kappa shape index (κ2) is 4.46. The fraction of sp³-hybridized carbons (Fsp3) is 0.571. The van der Waals surface area contributed by atoms with E-state index in [-0.39, 0.29) is 0 Å². The van der Waals surface area contributed by atoms with Gasteiger partial charge in [0.2, 0.25) is 0 Å². The first kappa shape index (κ1) is 11.5. The third kappa shape index (κ3) is 2.76. The Balaban J connectivity index is 1.99. The van der Waals surface area contributed by atoms with Gasteiger partial charge in [-0.15, -0.1) is 0 Å². The summed E-state index contributed by atoms with van der Waals surface area (Å²) < 4.78 is 5.24. The van der Waals surface area contributed by atoms with Gasteiger partial charge < -0.3 is 10.1 Å². The van der Waals surface area contributed by atoms with Crippen LogP contribution < -0.4 is 10.1 Å². The molecule has 0 aromatic heterocycles. The topological polar surface area (TPSA) is 21.3 Å². The van der Waals surface area contributed by atoms with Gasteiger partial charge in [-0.05, 0) is 56.8 Å². The van der Waals surface area contributed by atoms with Crippen molar-refractivity contribution in [2.75, 3.05) is 13.7 Å². The van der Waals surface area contributed by atoms with Crippen molar-refractivity contribution in [3.63, 3.8) is 0 Å². The summed E-state index contributed by atoms with van der Waals surface area (Å²) in [5.74, 6) is 1.71. The van der Waals surface area contributed by atoms with E-state index in [1.807, 2.05) is 6.07 Å². The largest absolute Gasteiger partial charge is 0.497 e. The molecule has 88 valence electrons. The summed E-state index contributed by atoms with van der Waals surface area (Å²) in [6, 6.07) is 8.40. The number of nitrogens with one attached hydrogen (secondary N) is 1. The molecule has 0 saturated carbocycles. The molecular weight excluding hydrogens is 198 g/mol. The Morgan fingerprint density at radius 1 is 1.44 bits per heavy atom. The molecule has 0 aliphatic carbocycles. The normalized spacial score (nSPS) is 23.3. The lowest BCUT2D eigenvalue weighted by atomic mass is 9.92. The minimum atomic E-state index is 0.309. The van der Waals surface area contributed by atoms with Crippen LogP contribution in [-0.2, 0) is 6.42 Å². The molecule has 0 spiro atoms. The summed E-state index contributed by atoms with van der Waals surface area (Å²) in [5.41, 5.74) is 1.69. The molecule has 2 nitrogen and oxygen atoms in total. The van der Waals surface area contributed by atoms with Crippen molar-refractivity contribution >= 4 is 0 Å². The van der Waals surface area contributed by atoms with Crippen LogP contribution in [0.2, 0.25) is 0 Å². The fourth-order valence-electron chi connectivity index (χ4n) is 2.56. The average Bonchev–Trinajstić information content (AvgIpc) is 2.58. The first-order valence-electron chi connectivity index (χ1n) is 5.97. The zero-order valence-electron chi connectivity index (χ0n) is 10.4. The lowest BCUT2D eigenvalue weighted by Gasteiger charge is -2.17. The molecular formula is C14H21NO. The summed E-state index contributed by atoms with van der Waals surface area (Å²) in [4.78, 5) is 0. The van der Waals surface area contributed by atoms with Crippen molar-refractivity contribution < 1.29 is 4.74 Å². The van der Waals surface area contributed by atoms with Crippen LogP contribution in [0.15, 0.2) is 24.3 Å². The molecule has 0 amide bonds. The first-order chi connectivity index (χ1) is 7.59. The number of rotatable bonds is 3. The van der Waals surface area contributed by atoms with Crippen LogP contribution in [0.1, 0.15) is 25.8 Å². The monoisotopic (exact) mass is 219 g/mol. The Morgan fingerprint density at radius 3 is 2.88 bits per heavy atom. The van der Waals surface area contributed by atoms with Gasteiger partial charge in [0.05, 0.1) is 7.11 Å². The molecule has 1 N–H and O–H groups in total. The van der Waals surface area contributed by atoms with E-state index in [0.717, 1.165) is 24.6 Å². The zero-order chi connectivity index (χ0) is 11.6. The molecule has 1 aromatic carbocycles. The minimum absolute atomic E-state index is 0.309. The van der Waals surface area contributed by atoms with Crippen LogP contribution in [0.4, 0.5) is 0 Å². The second-order valence-electron chi connectivity index (χ2n) is 5.39. The van der Waals surface area contributed by atoms with Crippen molar-refractivity contribution in [2.24, 2.45) is 5.92 Å². The average molecular weight is 219 g/mol. The highest BCUT2D eigenvalue weighted by atomic mass is 16.5. The van der Waals surface area contributed by atoms with E-state index in [1.54, 1.807) is 7.11 Å². The van der Waals surface area contributed by atoms with Crippen LogP contribution in [0.5, 0.6) is 5.75 Å². The standard InChI is InChI=1S/C14H21NO/c1-14(2)9-12(10-15-14)7-11-5-4-6-13(8-11)16-3/h4-6,8,12,15H,7,9-10H2,1-3H3. The van der Waals surface area contributed by atoms with Crippen molar-refractivity contribution in [3.8, 4) is 5.75 Å². The molecule has 1 atom stereocenters. The van der Waals surface area contributed by atoms with Gasteiger partial charge in [0.25, 0.3) is 0 Å². The van der Waals surface area contributed by atoms with Gasteiger partial charge >= 0.3 is 0 Å². The Labute approximate surface area is 98.0 Å². The Bertz CT molecular complexity index is 360. The van der Waals surface area contributed by atoms with E-state index in [2.05, 4.69) is 37.4 Å². The summed E-state index contributed by atoms with van der Waals surface area (Å²) in [7, 11) is 1.72. The van der Waals surface area contributed by atoms with Crippen molar-refractivity contribution in [1.82, 2.24) is 5.32 Å². The zero-order valence-corrected chi connectivity index (χ0v) is 10.4. The lowest BCUT2D eigenvalue weighted by Crippen LogP contribution is -2.31. The van der Waals surface area contributed by atoms with E-state index >= 15 is 0 Å². The highest BCUT2D eigenvalue weighted by Crippen LogP contribution is 2.26. The molecule has 1 aromatic rings. The summed E-state index contributed by atoms with van der Waals surface area (Å²) >= 11 is 0. The molecule has 16 heavy (non-hydrogen) atoms.